The molecule has 2 N–H and O–H groups in total. The number of aryl methyl sites for hydroxylation is 2. The highest BCUT2D eigenvalue weighted by Gasteiger charge is 2.19. The third-order valence-corrected chi connectivity index (χ3v) is 3.30. The summed E-state index contributed by atoms with van der Waals surface area (Å²) in [5.74, 6) is 0.944. The van der Waals surface area contributed by atoms with Gasteiger partial charge in [0.05, 0.1) is 0 Å². The van der Waals surface area contributed by atoms with Crippen molar-refractivity contribution in [1.82, 2.24) is 0 Å². The highest BCUT2D eigenvalue weighted by atomic mass is 14.6. The van der Waals surface area contributed by atoms with Crippen molar-refractivity contribution in [3.8, 4) is 0 Å². The van der Waals surface area contributed by atoms with Gasteiger partial charge in [0, 0.05) is 11.6 Å². The van der Waals surface area contributed by atoms with Crippen LogP contribution in [0.25, 0.3) is 0 Å². The zero-order valence-corrected chi connectivity index (χ0v) is 10.2. The number of hydrogen-bond donors (Lipinski definition) is 1. The first-order valence-corrected chi connectivity index (χ1v) is 5.80. The summed E-state index contributed by atoms with van der Waals surface area (Å²) >= 11 is 0. The second kappa shape index (κ2) is 4.17. The van der Waals surface area contributed by atoms with E-state index in [0.29, 0.717) is 11.8 Å². The van der Waals surface area contributed by atoms with Crippen LogP contribution in [-0.2, 0) is 0 Å². The van der Waals surface area contributed by atoms with Crippen LogP contribution >= 0.6 is 0 Å². The zero-order chi connectivity index (χ0) is 11.7. The van der Waals surface area contributed by atoms with Gasteiger partial charge >= 0.3 is 0 Å². The van der Waals surface area contributed by atoms with Gasteiger partial charge in [-0.1, -0.05) is 42.8 Å². The molecule has 0 radical (unpaired) electrons. The summed E-state index contributed by atoms with van der Waals surface area (Å²) < 4.78 is 0. The minimum absolute atomic E-state index is 0.466. The van der Waals surface area contributed by atoms with Crippen molar-refractivity contribution in [2.45, 2.75) is 26.7 Å². The molecule has 0 amide bonds. The van der Waals surface area contributed by atoms with Crippen LogP contribution < -0.4 is 5.73 Å². The first-order valence-electron chi connectivity index (χ1n) is 5.80. The molecule has 0 saturated heterocycles. The van der Waals surface area contributed by atoms with Gasteiger partial charge in [-0.15, -0.1) is 0 Å². The van der Waals surface area contributed by atoms with Crippen molar-refractivity contribution < 1.29 is 0 Å². The summed E-state index contributed by atoms with van der Waals surface area (Å²) in [6, 6.07) is 6.67. The average Bonchev–Trinajstić information content (AvgIpc) is 2.19. The molecule has 1 nitrogen and oxygen atoms in total. The van der Waals surface area contributed by atoms with Gasteiger partial charge in [0.2, 0.25) is 0 Å². The molecule has 0 saturated carbocycles. The molecule has 0 bridgehead atoms. The molecule has 0 fully saturated rings. The molecule has 1 aromatic rings. The first-order chi connectivity index (χ1) is 7.58. The van der Waals surface area contributed by atoms with Crippen LogP contribution in [0.15, 0.2) is 42.1 Å². The van der Waals surface area contributed by atoms with E-state index in [1.807, 2.05) is 6.08 Å². The number of nitrogens with two attached hydrogens (primary N) is 1. The third kappa shape index (κ3) is 2.04. The zero-order valence-electron chi connectivity index (χ0n) is 10.2. The largest absolute Gasteiger partial charge is 0.399 e. The van der Waals surface area contributed by atoms with Crippen molar-refractivity contribution in [3.63, 3.8) is 0 Å². The fourth-order valence-corrected chi connectivity index (χ4v) is 2.44. The maximum Gasteiger partial charge on any atom is 0.0273 e. The summed E-state index contributed by atoms with van der Waals surface area (Å²) in [6.07, 6.45) is 6.38. The maximum atomic E-state index is 5.80. The highest BCUT2D eigenvalue weighted by molar-refractivity contribution is 5.39. The highest BCUT2D eigenvalue weighted by Crippen LogP contribution is 2.32. The van der Waals surface area contributed by atoms with Gasteiger partial charge in [-0.2, -0.15) is 0 Å². The molecule has 0 spiro atoms. The maximum absolute atomic E-state index is 5.80. The van der Waals surface area contributed by atoms with E-state index in [0.717, 1.165) is 5.70 Å². The number of allylic oxidation sites excluding steroid dienone is 3. The molecule has 16 heavy (non-hydrogen) atoms. The molecular weight excluding hydrogens is 194 g/mol. The minimum atomic E-state index is 0.466. The Morgan fingerprint density at radius 2 is 1.94 bits per heavy atom. The lowest BCUT2D eigenvalue weighted by molar-refractivity contribution is 0.626. The fraction of sp³-hybridized carbons (Fsp3) is 0.333. The Bertz CT molecular complexity index is 455. The van der Waals surface area contributed by atoms with Crippen molar-refractivity contribution >= 4 is 0 Å². The van der Waals surface area contributed by atoms with Gasteiger partial charge in [0.25, 0.3) is 0 Å². The van der Waals surface area contributed by atoms with Crippen molar-refractivity contribution in [3.05, 3.63) is 58.8 Å². The Balaban J connectivity index is 2.35. The van der Waals surface area contributed by atoms with Crippen molar-refractivity contribution in [2.24, 2.45) is 11.7 Å². The molecule has 1 aliphatic rings. The molecule has 2 rings (SSSR count). The van der Waals surface area contributed by atoms with E-state index in [4.69, 9.17) is 5.73 Å². The van der Waals surface area contributed by atoms with E-state index >= 15 is 0 Å². The van der Waals surface area contributed by atoms with E-state index in [2.05, 4.69) is 51.1 Å². The first kappa shape index (κ1) is 11.0. The third-order valence-electron chi connectivity index (χ3n) is 3.30. The van der Waals surface area contributed by atoms with Gasteiger partial charge in [-0.05, 0) is 37.0 Å². The molecule has 2 unspecified atom stereocenters. The average molecular weight is 213 g/mol. The summed E-state index contributed by atoms with van der Waals surface area (Å²) in [7, 11) is 0. The predicted octanol–water partition coefficient (Wildman–Crippen LogP) is 3.44. The SMILES string of the molecule is Cc1ccc(C2C=CC(N)=CC2C)c(C)c1. The van der Waals surface area contributed by atoms with Crippen LogP contribution in [0.4, 0.5) is 0 Å². The summed E-state index contributed by atoms with van der Waals surface area (Å²) in [6.45, 7) is 6.54. The second-order valence-electron chi connectivity index (χ2n) is 4.77. The lowest BCUT2D eigenvalue weighted by Crippen LogP contribution is -2.13. The predicted molar refractivity (Wildman–Crippen MR) is 69.2 cm³/mol. The molecule has 0 heterocycles. The molecule has 84 valence electrons. The van der Waals surface area contributed by atoms with Crippen LogP contribution in [0.3, 0.4) is 0 Å². The van der Waals surface area contributed by atoms with Gasteiger partial charge in [-0.3, -0.25) is 0 Å². The topological polar surface area (TPSA) is 26.0 Å². The number of hydrogen-bond acceptors (Lipinski definition) is 1. The molecule has 2 atom stereocenters. The van der Waals surface area contributed by atoms with Crippen LogP contribution in [0.2, 0.25) is 0 Å². The van der Waals surface area contributed by atoms with E-state index in [-0.39, 0.29) is 0 Å². The molecule has 0 aromatic heterocycles. The van der Waals surface area contributed by atoms with E-state index in [1.54, 1.807) is 0 Å². The van der Waals surface area contributed by atoms with Gasteiger partial charge in [0.1, 0.15) is 0 Å². The van der Waals surface area contributed by atoms with Crippen LogP contribution in [0.1, 0.15) is 29.5 Å². The van der Waals surface area contributed by atoms with E-state index < -0.39 is 0 Å². The Labute approximate surface area is 97.7 Å². The van der Waals surface area contributed by atoms with E-state index in [1.165, 1.54) is 16.7 Å². The van der Waals surface area contributed by atoms with Gasteiger partial charge in [-0.25, -0.2) is 0 Å². The standard InChI is InChI=1S/C15H19N/c1-10-4-6-14(11(2)8-10)15-7-5-13(16)9-12(15)3/h4-9,12,15H,16H2,1-3H3. The normalized spacial score (nSPS) is 24.3. The molecule has 1 heteroatoms. The Morgan fingerprint density at radius 1 is 1.19 bits per heavy atom. The molecule has 1 aliphatic carbocycles. The summed E-state index contributed by atoms with van der Waals surface area (Å²) in [5, 5.41) is 0. The monoisotopic (exact) mass is 213 g/mol. The van der Waals surface area contributed by atoms with Crippen LogP contribution in [-0.4, -0.2) is 0 Å². The van der Waals surface area contributed by atoms with Gasteiger partial charge in [0.15, 0.2) is 0 Å². The van der Waals surface area contributed by atoms with Gasteiger partial charge < -0.3 is 5.73 Å². The molecule has 0 aliphatic heterocycles. The molecule has 1 aromatic carbocycles. The number of benzene rings is 1. The van der Waals surface area contributed by atoms with Crippen molar-refractivity contribution in [1.29, 1.82) is 0 Å². The Hall–Kier alpha value is -1.50. The van der Waals surface area contributed by atoms with Crippen LogP contribution in [0.5, 0.6) is 0 Å². The summed E-state index contributed by atoms with van der Waals surface area (Å²) in [4.78, 5) is 0. The van der Waals surface area contributed by atoms with Crippen LogP contribution in [0, 0.1) is 19.8 Å². The summed E-state index contributed by atoms with van der Waals surface area (Å²) in [5.41, 5.74) is 10.8. The van der Waals surface area contributed by atoms with Crippen molar-refractivity contribution in [2.75, 3.05) is 0 Å². The lowest BCUT2D eigenvalue weighted by Gasteiger charge is -2.24. The Morgan fingerprint density at radius 3 is 2.56 bits per heavy atom. The second-order valence-corrected chi connectivity index (χ2v) is 4.77. The fourth-order valence-electron chi connectivity index (χ4n) is 2.44. The smallest absolute Gasteiger partial charge is 0.0273 e. The lowest BCUT2D eigenvalue weighted by atomic mass is 9.81. The minimum Gasteiger partial charge on any atom is -0.399 e. The quantitative estimate of drug-likeness (QED) is 0.760. The number of rotatable bonds is 1. The molecular formula is C15H19N. The Kier molecular flexibility index (Phi) is 2.86. The van der Waals surface area contributed by atoms with E-state index in [9.17, 15) is 0 Å².